The highest BCUT2D eigenvalue weighted by Gasteiger charge is 2.18. The van der Waals surface area contributed by atoms with Gasteiger partial charge in [0.1, 0.15) is 0 Å². The molecule has 0 amide bonds. The fraction of sp³-hybridized carbons (Fsp3) is 0.321. The molecule has 2 heterocycles. The third-order valence-electron chi connectivity index (χ3n) is 6.12. The normalized spacial score (nSPS) is 15.1. The van der Waals surface area contributed by atoms with Crippen molar-refractivity contribution in [2.75, 3.05) is 19.6 Å². The summed E-state index contributed by atoms with van der Waals surface area (Å²) < 4.78 is 0. The van der Waals surface area contributed by atoms with Crippen LogP contribution in [-0.4, -0.2) is 29.5 Å². The highest BCUT2D eigenvalue weighted by atomic mass is 15.1. The van der Waals surface area contributed by atoms with Gasteiger partial charge in [-0.05, 0) is 86.0 Å². The lowest BCUT2D eigenvalue weighted by molar-refractivity contribution is 0.200. The van der Waals surface area contributed by atoms with Crippen molar-refractivity contribution in [2.24, 2.45) is 5.92 Å². The molecule has 0 spiro atoms. The minimum atomic E-state index is 0.659. The van der Waals surface area contributed by atoms with Gasteiger partial charge in [0.2, 0.25) is 0 Å². The molecule has 0 radical (unpaired) electrons. The molecule has 0 unspecified atom stereocenters. The molecule has 0 aliphatic carbocycles. The predicted molar refractivity (Wildman–Crippen MR) is 126 cm³/mol. The van der Waals surface area contributed by atoms with Crippen molar-refractivity contribution >= 4 is 5.57 Å². The molecule has 3 aromatic rings. The Morgan fingerprint density at radius 1 is 0.833 bits per heavy atom. The number of piperidine rings is 1. The number of hydrogen-bond acceptors (Lipinski definition) is 2. The fourth-order valence-corrected chi connectivity index (χ4v) is 4.38. The molecule has 2 nitrogen and oxygen atoms in total. The van der Waals surface area contributed by atoms with Gasteiger partial charge in [0.15, 0.2) is 0 Å². The highest BCUT2D eigenvalue weighted by molar-refractivity contribution is 5.79. The van der Waals surface area contributed by atoms with Crippen molar-refractivity contribution in [3.63, 3.8) is 0 Å². The first-order valence-corrected chi connectivity index (χ1v) is 11.3. The molecule has 0 bridgehead atoms. The Hall–Kier alpha value is -2.71. The average Bonchev–Trinajstić information content (AvgIpc) is 2.83. The van der Waals surface area contributed by atoms with Gasteiger partial charge in [-0.25, -0.2) is 0 Å². The summed E-state index contributed by atoms with van der Waals surface area (Å²) in [6, 6.07) is 25.9. The summed E-state index contributed by atoms with van der Waals surface area (Å²) in [7, 11) is 0. The number of aromatic nitrogens is 1. The van der Waals surface area contributed by atoms with E-state index in [0.29, 0.717) is 5.92 Å². The second-order valence-corrected chi connectivity index (χ2v) is 8.31. The summed E-state index contributed by atoms with van der Waals surface area (Å²) >= 11 is 0. The number of unbranched alkanes of at least 4 members (excludes halogenated alkanes) is 1. The molecule has 0 N–H and O–H groups in total. The Bertz CT molecular complexity index is 854. The minimum Gasteiger partial charge on any atom is -0.303 e. The van der Waals surface area contributed by atoms with Gasteiger partial charge < -0.3 is 4.90 Å². The summed E-state index contributed by atoms with van der Waals surface area (Å²) in [6.45, 7) is 3.65. The molecule has 30 heavy (non-hydrogen) atoms. The van der Waals surface area contributed by atoms with E-state index in [1.807, 2.05) is 18.5 Å². The van der Waals surface area contributed by atoms with Crippen LogP contribution in [0.25, 0.3) is 5.57 Å². The number of aryl methyl sites for hydroxylation is 1. The highest BCUT2D eigenvalue weighted by Crippen LogP contribution is 2.28. The number of nitrogens with zero attached hydrogens (tertiary/aromatic N) is 2. The van der Waals surface area contributed by atoms with Crippen molar-refractivity contribution in [2.45, 2.75) is 32.1 Å². The summed E-state index contributed by atoms with van der Waals surface area (Å²) in [5.41, 5.74) is 5.38. The van der Waals surface area contributed by atoms with E-state index in [1.165, 1.54) is 67.6 Å². The molecule has 1 aliphatic rings. The van der Waals surface area contributed by atoms with Crippen LogP contribution in [0.4, 0.5) is 0 Å². The number of rotatable bonds is 8. The third kappa shape index (κ3) is 5.90. The minimum absolute atomic E-state index is 0.659. The zero-order chi connectivity index (χ0) is 20.4. The zero-order valence-corrected chi connectivity index (χ0v) is 17.8. The van der Waals surface area contributed by atoms with E-state index in [2.05, 4.69) is 82.7 Å². The Labute approximate surface area is 181 Å². The van der Waals surface area contributed by atoms with Crippen molar-refractivity contribution < 1.29 is 0 Å². The Morgan fingerprint density at radius 3 is 2.10 bits per heavy atom. The van der Waals surface area contributed by atoms with Crippen LogP contribution < -0.4 is 0 Å². The lowest BCUT2D eigenvalue weighted by Crippen LogP contribution is -2.34. The fourth-order valence-electron chi connectivity index (χ4n) is 4.38. The van der Waals surface area contributed by atoms with E-state index in [9.17, 15) is 0 Å². The smallest absolute Gasteiger partial charge is 0.0299 e. The van der Waals surface area contributed by atoms with Gasteiger partial charge in [0.05, 0.1) is 0 Å². The lowest BCUT2D eigenvalue weighted by atomic mass is 9.89. The number of benzene rings is 2. The molecule has 1 aliphatic heterocycles. The number of pyridine rings is 1. The molecule has 1 fully saturated rings. The van der Waals surface area contributed by atoms with E-state index >= 15 is 0 Å². The number of hydrogen-bond donors (Lipinski definition) is 0. The quantitative estimate of drug-likeness (QED) is 0.419. The van der Waals surface area contributed by atoms with E-state index in [4.69, 9.17) is 0 Å². The van der Waals surface area contributed by atoms with Crippen LogP contribution in [0.15, 0.2) is 91.3 Å². The van der Waals surface area contributed by atoms with Crippen molar-refractivity contribution in [3.8, 4) is 0 Å². The average molecular weight is 397 g/mol. The molecule has 4 rings (SSSR count). The monoisotopic (exact) mass is 396 g/mol. The Balaban J connectivity index is 1.30. The zero-order valence-electron chi connectivity index (χ0n) is 17.8. The lowest BCUT2D eigenvalue weighted by Gasteiger charge is -2.31. The Kier molecular flexibility index (Phi) is 7.46. The first kappa shape index (κ1) is 20.6. The SMILES string of the molecule is C(=C(c1ccccc1)c1ccccc1)C1CCN(CCCCc2cccnc2)CC1. The third-order valence-corrected chi connectivity index (χ3v) is 6.12. The van der Waals surface area contributed by atoms with Crippen molar-refractivity contribution in [1.29, 1.82) is 0 Å². The molecule has 1 saturated heterocycles. The van der Waals surface area contributed by atoms with Crippen LogP contribution in [0.5, 0.6) is 0 Å². The van der Waals surface area contributed by atoms with Crippen LogP contribution >= 0.6 is 0 Å². The maximum atomic E-state index is 4.21. The molecule has 1 aromatic heterocycles. The van der Waals surface area contributed by atoms with Crippen LogP contribution in [-0.2, 0) is 6.42 Å². The van der Waals surface area contributed by atoms with Gasteiger partial charge in [-0.1, -0.05) is 72.8 Å². The summed E-state index contributed by atoms with van der Waals surface area (Å²) in [5, 5.41) is 0. The molecule has 0 atom stereocenters. The van der Waals surface area contributed by atoms with Gasteiger partial charge in [0.25, 0.3) is 0 Å². The van der Waals surface area contributed by atoms with Gasteiger partial charge in [0, 0.05) is 12.4 Å². The van der Waals surface area contributed by atoms with Crippen LogP contribution in [0, 0.1) is 5.92 Å². The largest absolute Gasteiger partial charge is 0.303 e. The standard InChI is InChI=1S/C28H32N2/c1-3-12-26(13-4-1)28(27-14-5-2-6-15-27)22-24-16-20-30(21-17-24)19-8-7-10-25-11-9-18-29-23-25/h1-6,9,11-15,18,22-24H,7-8,10,16-17,19-21H2. The number of allylic oxidation sites excluding steroid dienone is 1. The summed E-state index contributed by atoms with van der Waals surface area (Å²) in [4.78, 5) is 6.86. The first-order chi connectivity index (χ1) is 14.9. The van der Waals surface area contributed by atoms with E-state index in [1.54, 1.807) is 0 Å². The second-order valence-electron chi connectivity index (χ2n) is 8.31. The van der Waals surface area contributed by atoms with Crippen LogP contribution in [0.2, 0.25) is 0 Å². The van der Waals surface area contributed by atoms with Gasteiger partial charge in [-0.3, -0.25) is 4.98 Å². The molecule has 154 valence electrons. The van der Waals surface area contributed by atoms with E-state index in [0.717, 1.165) is 6.42 Å². The molecular formula is C28H32N2. The maximum Gasteiger partial charge on any atom is 0.0299 e. The predicted octanol–water partition coefficient (Wildman–Crippen LogP) is 6.25. The van der Waals surface area contributed by atoms with Gasteiger partial charge in [-0.2, -0.15) is 0 Å². The van der Waals surface area contributed by atoms with Crippen molar-refractivity contribution in [3.05, 3.63) is 108 Å². The molecular weight excluding hydrogens is 364 g/mol. The maximum absolute atomic E-state index is 4.21. The Morgan fingerprint density at radius 2 is 1.50 bits per heavy atom. The van der Waals surface area contributed by atoms with Crippen molar-refractivity contribution in [1.82, 2.24) is 9.88 Å². The first-order valence-electron chi connectivity index (χ1n) is 11.3. The van der Waals surface area contributed by atoms with E-state index in [-0.39, 0.29) is 0 Å². The summed E-state index contributed by atoms with van der Waals surface area (Å²) in [6.07, 6.45) is 12.6. The summed E-state index contributed by atoms with van der Waals surface area (Å²) in [5.74, 6) is 0.659. The van der Waals surface area contributed by atoms with Gasteiger partial charge >= 0.3 is 0 Å². The second kappa shape index (κ2) is 10.9. The van der Waals surface area contributed by atoms with Gasteiger partial charge in [-0.15, -0.1) is 0 Å². The van der Waals surface area contributed by atoms with Crippen LogP contribution in [0.3, 0.4) is 0 Å². The number of likely N-dealkylation sites (tertiary alicyclic amines) is 1. The van der Waals surface area contributed by atoms with E-state index < -0.39 is 0 Å². The molecule has 2 aromatic carbocycles. The molecule has 0 saturated carbocycles. The molecule has 2 heteroatoms. The topological polar surface area (TPSA) is 16.1 Å². The van der Waals surface area contributed by atoms with Crippen LogP contribution in [0.1, 0.15) is 42.4 Å².